The van der Waals surface area contributed by atoms with Crippen LogP contribution in [0.1, 0.15) is 42.0 Å². The number of ether oxygens (including phenoxy) is 2. The minimum absolute atomic E-state index is 0.220. The van der Waals surface area contributed by atoms with Crippen molar-refractivity contribution in [3.8, 4) is 5.75 Å². The molecule has 0 aliphatic carbocycles. The van der Waals surface area contributed by atoms with Crippen molar-refractivity contribution < 1.29 is 18.7 Å². The quantitative estimate of drug-likeness (QED) is 0.340. The van der Waals surface area contributed by atoms with E-state index >= 15 is 0 Å². The number of halogens is 1. The lowest BCUT2D eigenvalue weighted by Crippen LogP contribution is -2.34. The van der Waals surface area contributed by atoms with Crippen LogP contribution in [0.2, 0.25) is 5.02 Å². The lowest BCUT2D eigenvalue weighted by Gasteiger charge is -2.31. The summed E-state index contributed by atoms with van der Waals surface area (Å²) >= 11 is 5.99. The van der Waals surface area contributed by atoms with Gasteiger partial charge in [-0.3, -0.25) is 9.69 Å². The second-order valence-corrected chi connectivity index (χ2v) is 8.83. The van der Waals surface area contributed by atoms with Crippen molar-refractivity contribution in [3.05, 3.63) is 74.1 Å². The van der Waals surface area contributed by atoms with Crippen molar-refractivity contribution in [2.75, 3.05) is 19.9 Å². The third kappa shape index (κ3) is 5.57. The molecule has 6 nitrogen and oxygen atoms in total. The van der Waals surface area contributed by atoms with Crippen LogP contribution in [-0.2, 0) is 28.9 Å². The van der Waals surface area contributed by atoms with Crippen LogP contribution in [0, 0.1) is 6.92 Å². The van der Waals surface area contributed by atoms with E-state index in [0.717, 1.165) is 46.5 Å². The summed E-state index contributed by atoms with van der Waals surface area (Å²) in [7, 11) is 0. The molecule has 0 amide bonds. The number of carbonyl (C=O) groups excluding carboxylic acids is 1. The van der Waals surface area contributed by atoms with Gasteiger partial charge in [-0.25, -0.2) is 4.79 Å². The predicted octanol–water partition coefficient (Wildman–Crippen LogP) is 5.04. The van der Waals surface area contributed by atoms with Crippen molar-refractivity contribution in [2.45, 2.75) is 46.1 Å². The van der Waals surface area contributed by atoms with Gasteiger partial charge in [0.05, 0.1) is 12.2 Å². The Morgan fingerprint density at radius 3 is 2.73 bits per heavy atom. The molecule has 174 valence electrons. The van der Waals surface area contributed by atoms with Crippen LogP contribution < -0.4 is 10.4 Å². The summed E-state index contributed by atoms with van der Waals surface area (Å²) < 4.78 is 17.0. The van der Waals surface area contributed by atoms with Gasteiger partial charge in [-0.1, -0.05) is 30.7 Å². The second-order valence-electron chi connectivity index (χ2n) is 8.39. The van der Waals surface area contributed by atoms with Crippen LogP contribution in [0.25, 0.3) is 11.0 Å². The fraction of sp³-hybridized carbons (Fsp3) is 0.385. The van der Waals surface area contributed by atoms with Gasteiger partial charge in [0.1, 0.15) is 18.1 Å². The van der Waals surface area contributed by atoms with E-state index in [9.17, 15) is 9.59 Å². The molecule has 4 rings (SSSR count). The molecule has 2 heterocycles. The van der Waals surface area contributed by atoms with Crippen molar-refractivity contribution in [2.24, 2.45) is 0 Å². The smallest absolute Gasteiger partial charge is 0.336 e. The van der Waals surface area contributed by atoms with Crippen LogP contribution in [0.4, 0.5) is 0 Å². The molecule has 1 aliphatic heterocycles. The zero-order valence-corrected chi connectivity index (χ0v) is 19.7. The highest BCUT2D eigenvalue weighted by Crippen LogP contribution is 2.37. The van der Waals surface area contributed by atoms with Crippen molar-refractivity contribution in [1.29, 1.82) is 0 Å². The maximum atomic E-state index is 12.1. The number of benzene rings is 2. The average molecular weight is 470 g/mol. The summed E-state index contributed by atoms with van der Waals surface area (Å²) in [5.41, 5.74) is 4.00. The standard InChI is InChI=1S/C26H28ClNO5/c1-3-12-31-23(29)9-6-19-14-21-17(2)13-24(30)33-26(21)22-15-28(16-32-25(19)22)11-10-18-4-7-20(27)8-5-18/h4-5,7-8,13-14H,3,6,9-12,15-16H2,1-2H3. The Labute approximate surface area is 198 Å². The summed E-state index contributed by atoms with van der Waals surface area (Å²) in [5.74, 6) is 0.490. The number of carbonyl (C=O) groups is 1. The molecule has 2 aromatic carbocycles. The number of aryl methyl sites for hydroxylation is 2. The summed E-state index contributed by atoms with van der Waals surface area (Å²) in [6, 6.07) is 11.3. The highest BCUT2D eigenvalue weighted by Gasteiger charge is 2.25. The molecule has 0 fully saturated rings. The first-order valence-corrected chi connectivity index (χ1v) is 11.7. The molecule has 0 radical (unpaired) electrons. The highest BCUT2D eigenvalue weighted by molar-refractivity contribution is 6.30. The number of hydrogen-bond donors (Lipinski definition) is 0. The van der Waals surface area contributed by atoms with Gasteiger partial charge in [-0.15, -0.1) is 0 Å². The first kappa shape index (κ1) is 23.3. The van der Waals surface area contributed by atoms with E-state index in [-0.39, 0.29) is 18.0 Å². The van der Waals surface area contributed by atoms with Gasteiger partial charge in [0.15, 0.2) is 0 Å². The zero-order valence-electron chi connectivity index (χ0n) is 19.0. The van der Waals surface area contributed by atoms with E-state index in [1.54, 1.807) is 0 Å². The van der Waals surface area contributed by atoms with E-state index < -0.39 is 0 Å². The van der Waals surface area contributed by atoms with Gasteiger partial charge in [0, 0.05) is 36.0 Å². The number of hydrogen-bond acceptors (Lipinski definition) is 6. The van der Waals surface area contributed by atoms with Gasteiger partial charge in [0.25, 0.3) is 0 Å². The van der Waals surface area contributed by atoms with E-state index in [1.807, 2.05) is 44.2 Å². The van der Waals surface area contributed by atoms with Gasteiger partial charge in [0.2, 0.25) is 0 Å². The molecule has 0 N–H and O–H groups in total. The topological polar surface area (TPSA) is 69.0 Å². The van der Waals surface area contributed by atoms with Crippen LogP contribution in [0.15, 0.2) is 45.6 Å². The Morgan fingerprint density at radius 1 is 1.18 bits per heavy atom. The third-order valence-corrected chi connectivity index (χ3v) is 6.09. The fourth-order valence-electron chi connectivity index (χ4n) is 4.10. The molecule has 0 atom stereocenters. The zero-order chi connectivity index (χ0) is 23.4. The molecular formula is C26H28ClNO5. The normalized spacial score (nSPS) is 13.5. The summed E-state index contributed by atoms with van der Waals surface area (Å²) in [6.45, 7) is 6.10. The molecule has 1 aliphatic rings. The summed E-state index contributed by atoms with van der Waals surface area (Å²) in [4.78, 5) is 26.4. The van der Waals surface area contributed by atoms with Crippen molar-refractivity contribution >= 4 is 28.5 Å². The Hall–Kier alpha value is -2.83. The summed E-state index contributed by atoms with van der Waals surface area (Å²) in [5, 5.41) is 1.59. The van der Waals surface area contributed by atoms with Gasteiger partial charge < -0.3 is 13.9 Å². The lowest BCUT2D eigenvalue weighted by atomic mass is 9.97. The molecule has 33 heavy (non-hydrogen) atoms. The minimum Gasteiger partial charge on any atom is -0.477 e. The molecule has 0 spiro atoms. The van der Waals surface area contributed by atoms with E-state index in [0.29, 0.717) is 37.6 Å². The molecule has 1 aromatic heterocycles. The average Bonchev–Trinajstić information content (AvgIpc) is 2.81. The molecular weight excluding hydrogens is 442 g/mol. The molecule has 7 heteroatoms. The molecule has 0 unspecified atom stereocenters. The van der Waals surface area contributed by atoms with E-state index in [2.05, 4.69) is 4.90 Å². The molecule has 3 aromatic rings. The minimum atomic E-state index is -0.378. The van der Waals surface area contributed by atoms with E-state index in [1.165, 1.54) is 11.6 Å². The van der Waals surface area contributed by atoms with Gasteiger partial charge in [-0.2, -0.15) is 0 Å². The van der Waals surface area contributed by atoms with Crippen LogP contribution in [-0.4, -0.2) is 30.8 Å². The molecule has 0 saturated carbocycles. The number of esters is 1. The van der Waals surface area contributed by atoms with Gasteiger partial charge in [-0.05, 0) is 61.1 Å². The van der Waals surface area contributed by atoms with Crippen molar-refractivity contribution in [3.63, 3.8) is 0 Å². The third-order valence-electron chi connectivity index (χ3n) is 5.83. The number of nitrogens with zero attached hydrogens (tertiary/aromatic N) is 1. The van der Waals surface area contributed by atoms with E-state index in [4.69, 9.17) is 25.5 Å². The predicted molar refractivity (Wildman–Crippen MR) is 128 cm³/mol. The maximum Gasteiger partial charge on any atom is 0.336 e. The second kappa shape index (κ2) is 10.4. The molecule has 0 saturated heterocycles. The largest absolute Gasteiger partial charge is 0.477 e. The maximum absolute atomic E-state index is 12.1. The Balaban J connectivity index is 1.60. The monoisotopic (exact) mass is 469 g/mol. The van der Waals surface area contributed by atoms with Gasteiger partial charge >= 0.3 is 11.6 Å². The Bertz CT molecular complexity index is 1200. The van der Waals surface area contributed by atoms with Crippen LogP contribution in [0.3, 0.4) is 0 Å². The SMILES string of the molecule is CCCOC(=O)CCc1cc2c(C)cc(=O)oc2c2c1OCN(CCc1ccc(Cl)cc1)C2. The Kier molecular flexibility index (Phi) is 7.36. The first-order valence-electron chi connectivity index (χ1n) is 11.3. The fourth-order valence-corrected chi connectivity index (χ4v) is 4.23. The summed E-state index contributed by atoms with van der Waals surface area (Å²) in [6.07, 6.45) is 2.42. The first-order chi connectivity index (χ1) is 15.9. The lowest BCUT2D eigenvalue weighted by molar-refractivity contribution is -0.143. The highest BCUT2D eigenvalue weighted by atomic mass is 35.5. The van der Waals surface area contributed by atoms with Crippen LogP contribution in [0.5, 0.6) is 5.75 Å². The number of rotatable bonds is 8. The number of fused-ring (bicyclic) bond motifs is 3. The molecule has 0 bridgehead atoms. The van der Waals surface area contributed by atoms with Crippen molar-refractivity contribution in [1.82, 2.24) is 4.90 Å². The van der Waals surface area contributed by atoms with Crippen LogP contribution >= 0.6 is 11.6 Å². The Morgan fingerprint density at radius 2 is 1.97 bits per heavy atom.